The van der Waals surface area contributed by atoms with E-state index in [1.54, 1.807) is 32.1 Å². The van der Waals surface area contributed by atoms with Crippen LogP contribution >= 0.6 is 0 Å². The first-order valence-electron chi connectivity index (χ1n) is 12.5. The van der Waals surface area contributed by atoms with Crippen LogP contribution in [-0.4, -0.2) is 65.3 Å². The molecule has 0 aromatic carbocycles. The van der Waals surface area contributed by atoms with Crippen LogP contribution in [0.5, 0.6) is 0 Å². The van der Waals surface area contributed by atoms with Gasteiger partial charge in [-0.25, -0.2) is 4.79 Å². The van der Waals surface area contributed by atoms with Crippen LogP contribution in [0.4, 0.5) is 0 Å². The number of aliphatic hydroxyl groups excluding tert-OH is 2. The monoisotopic (exact) mass is 505 g/mol. The molecule has 6 atom stereocenters. The van der Waals surface area contributed by atoms with Gasteiger partial charge in [0.1, 0.15) is 18.0 Å². The number of aliphatic hydroxyl groups is 2. The summed E-state index contributed by atoms with van der Waals surface area (Å²) in [4.78, 5) is 48.7. The van der Waals surface area contributed by atoms with Crippen molar-refractivity contribution in [1.82, 2.24) is 5.32 Å². The van der Waals surface area contributed by atoms with Gasteiger partial charge in [0, 0.05) is 38.4 Å². The van der Waals surface area contributed by atoms with Crippen LogP contribution in [0.3, 0.4) is 0 Å². The highest BCUT2D eigenvalue weighted by atomic mass is 16.5. The van der Waals surface area contributed by atoms with Crippen LogP contribution in [-0.2, 0) is 28.7 Å². The summed E-state index contributed by atoms with van der Waals surface area (Å²) in [5.74, 6) is -3.10. The number of esters is 1. The molecule has 0 radical (unpaired) electrons. The molecule has 0 spiro atoms. The number of cyclic esters (lactones) is 1. The molecule has 0 aromatic heterocycles. The number of Topliss-reactive ketones (excluding diaryl/α,β-unsaturated/α-hetero) is 1. The van der Waals surface area contributed by atoms with Crippen LogP contribution in [0.1, 0.15) is 59.3 Å². The average Bonchev–Trinajstić information content (AvgIpc) is 2.79. The standard InChI is InChI=1S/C27H39NO8/c1-16-11-17(2)27(36-25(33)10-8-6-5-7-9-22(35-4)26(16)34)18(3)21(30)15-20(29)12-19-13-23(31)28-24(32)14-19/h7-11,16,18-20,22,26-27,29,34H,5-6,12-15H2,1-4H3,(H,28,31,32)/b9-7+,10-8+,17-11-/t16-,18-,20-,22-,26+,27+/m0/s1. The molecule has 0 bridgehead atoms. The van der Waals surface area contributed by atoms with Crippen molar-refractivity contribution in [3.63, 3.8) is 0 Å². The van der Waals surface area contributed by atoms with Crippen molar-refractivity contribution in [2.45, 2.75) is 83.7 Å². The first-order chi connectivity index (χ1) is 17.0. The molecule has 200 valence electrons. The van der Waals surface area contributed by atoms with Crippen molar-refractivity contribution >= 4 is 23.6 Å². The molecule has 1 saturated heterocycles. The number of ketones is 1. The molecular formula is C27H39NO8. The number of hydrogen-bond donors (Lipinski definition) is 3. The maximum Gasteiger partial charge on any atom is 0.331 e. The van der Waals surface area contributed by atoms with E-state index in [9.17, 15) is 29.4 Å². The Labute approximate surface area is 212 Å². The van der Waals surface area contributed by atoms with Crippen LogP contribution in [0.15, 0.2) is 36.0 Å². The van der Waals surface area contributed by atoms with Crippen LogP contribution in [0.2, 0.25) is 0 Å². The van der Waals surface area contributed by atoms with Crippen LogP contribution in [0, 0.1) is 17.8 Å². The molecule has 9 heteroatoms. The van der Waals surface area contributed by atoms with Gasteiger partial charge in [-0.15, -0.1) is 0 Å². The molecule has 9 nitrogen and oxygen atoms in total. The smallest absolute Gasteiger partial charge is 0.331 e. The number of ether oxygens (including phenoxy) is 2. The maximum absolute atomic E-state index is 13.1. The lowest BCUT2D eigenvalue weighted by Gasteiger charge is -2.28. The molecule has 2 aliphatic heterocycles. The van der Waals surface area contributed by atoms with Gasteiger partial charge in [-0.2, -0.15) is 0 Å². The zero-order chi connectivity index (χ0) is 26.8. The van der Waals surface area contributed by atoms with Gasteiger partial charge in [-0.1, -0.05) is 38.2 Å². The second-order valence-electron chi connectivity index (χ2n) is 9.82. The molecule has 2 heterocycles. The summed E-state index contributed by atoms with van der Waals surface area (Å²) in [6.45, 7) is 5.19. The van der Waals surface area contributed by atoms with Crippen LogP contribution in [0.25, 0.3) is 0 Å². The summed E-state index contributed by atoms with van der Waals surface area (Å²) >= 11 is 0. The Kier molecular flexibility index (Phi) is 11.7. The number of amides is 2. The minimum atomic E-state index is -1.03. The van der Waals surface area contributed by atoms with Crippen molar-refractivity contribution in [2.24, 2.45) is 17.8 Å². The first kappa shape index (κ1) is 29.6. The second kappa shape index (κ2) is 14.2. The van der Waals surface area contributed by atoms with E-state index in [-0.39, 0.29) is 55.1 Å². The Balaban J connectivity index is 2.17. The predicted octanol–water partition coefficient (Wildman–Crippen LogP) is 2.16. The number of nitrogens with one attached hydrogen (secondary N) is 1. The van der Waals surface area contributed by atoms with E-state index in [4.69, 9.17) is 9.47 Å². The number of rotatable bonds is 7. The number of carbonyl (C=O) groups is 4. The summed E-state index contributed by atoms with van der Waals surface area (Å²) in [6, 6.07) is 0. The minimum Gasteiger partial charge on any atom is -0.454 e. The number of methoxy groups -OCH3 is 1. The average molecular weight is 506 g/mol. The molecular weight excluding hydrogens is 466 g/mol. The number of allylic oxidation sites excluding steroid dienone is 2. The van der Waals surface area contributed by atoms with E-state index in [1.165, 1.54) is 13.2 Å². The molecule has 0 aliphatic carbocycles. The van der Waals surface area contributed by atoms with E-state index in [1.807, 2.05) is 13.0 Å². The summed E-state index contributed by atoms with van der Waals surface area (Å²) in [7, 11) is 1.52. The van der Waals surface area contributed by atoms with Crippen molar-refractivity contribution in [1.29, 1.82) is 0 Å². The SMILES string of the molecule is CO[C@H]1/C=C/CC/C=C/C(=O)O[C@@H]([C@@H](C)C(=O)C[C@@H](O)CC2CC(=O)NC(=O)C2)/C(C)=C\[C@H](C)[C@H]1O. The van der Waals surface area contributed by atoms with E-state index in [0.717, 1.165) is 0 Å². The lowest BCUT2D eigenvalue weighted by molar-refractivity contribution is -0.145. The van der Waals surface area contributed by atoms with Crippen LogP contribution < -0.4 is 5.32 Å². The Bertz CT molecular complexity index is 876. The van der Waals surface area contributed by atoms with Gasteiger partial charge in [0.05, 0.1) is 18.1 Å². The largest absolute Gasteiger partial charge is 0.454 e. The summed E-state index contributed by atoms with van der Waals surface area (Å²) in [6.07, 6.45) is 6.66. The number of imide groups is 1. The second-order valence-corrected chi connectivity index (χ2v) is 9.82. The number of carbonyl (C=O) groups excluding carboxylic acids is 4. The Morgan fingerprint density at radius 1 is 1.19 bits per heavy atom. The minimum absolute atomic E-state index is 0.124. The summed E-state index contributed by atoms with van der Waals surface area (Å²) < 4.78 is 11.1. The van der Waals surface area contributed by atoms with Crippen molar-refractivity contribution < 1.29 is 38.9 Å². The van der Waals surface area contributed by atoms with Gasteiger partial charge < -0.3 is 19.7 Å². The Morgan fingerprint density at radius 2 is 1.83 bits per heavy atom. The fraction of sp³-hybridized carbons (Fsp3) is 0.630. The fourth-order valence-electron chi connectivity index (χ4n) is 4.67. The highest BCUT2D eigenvalue weighted by molar-refractivity contribution is 5.97. The molecule has 1 fully saturated rings. The van der Waals surface area contributed by atoms with E-state index in [0.29, 0.717) is 18.4 Å². The normalized spacial score (nSPS) is 31.7. The number of piperidine rings is 1. The molecule has 2 aliphatic rings. The molecule has 36 heavy (non-hydrogen) atoms. The molecule has 3 N–H and O–H groups in total. The van der Waals surface area contributed by atoms with Gasteiger partial charge >= 0.3 is 5.97 Å². The van der Waals surface area contributed by atoms with Gasteiger partial charge in [0.15, 0.2) is 0 Å². The van der Waals surface area contributed by atoms with Crippen molar-refractivity contribution in [2.75, 3.05) is 7.11 Å². The quantitative estimate of drug-likeness (QED) is 0.272. The highest BCUT2D eigenvalue weighted by Crippen LogP contribution is 2.26. The van der Waals surface area contributed by atoms with E-state index < -0.39 is 36.3 Å². The molecule has 2 rings (SSSR count). The Morgan fingerprint density at radius 3 is 2.47 bits per heavy atom. The topological polar surface area (TPSA) is 139 Å². The highest BCUT2D eigenvalue weighted by Gasteiger charge is 2.33. The zero-order valence-corrected chi connectivity index (χ0v) is 21.5. The van der Waals surface area contributed by atoms with Gasteiger partial charge in [0.25, 0.3) is 0 Å². The fourth-order valence-corrected chi connectivity index (χ4v) is 4.67. The third kappa shape index (κ3) is 9.11. The van der Waals surface area contributed by atoms with E-state index in [2.05, 4.69) is 5.32 Å². The summed E-state index contributed by atoms with van der Waals surface area (Å²) in [5.41, 5.74) is 0.601. The van der Waals surface area contributed by atoms with Gasteiger partial charge in [0.2, 0.25) is 11.8 Å². The molecule has 0 unspecified atom stereocenters. The van der Waals surface area contributed by atoms with Crippen molar-refractivity contribution in [3.05, 3.63) is 36.0 Å². The molecule has 0 aromatic rings. The first-order valence-corrected chi connectivity index (χ1v) is 12.5. The molecule has 2 amide bonds. The lowest BCUT2D eigenvalue weighted by atomic mass is 9.85. The third-order valence-electron chi connectivity index (χ3n) is 6.68. The predicted molar refractivity (Wildman–Crippen MR) is 132 cm³/mol. The summed E-state index contributed by atoms with van der Waals surface area (Å²) in [5, 5.41) is 23.5. The van der Waals surface area contributed by atoms with Crippen molar-refractivity contribution in [3.8, 4) is 0 Å². The van der Waals surface area contributed by atoms with Gasteiger partial charge in [-0.3, -0.25) is 19.7 Å². The Hall–Kier alpha value is -2.62. The lowest BCUT2D eigenvalue weighted by Crippen LogP contribution is -2.40. The van der Waals surface area contributed by atoms with Gasteiger partial charge in [-0.05, 0) is 37.7 Å². The third-order valence-corrected chi connectivity index (χ3v) is 6.68. The number of hydrogen-bond acceptors (Lipinski definition) is 8. The molecule has 0 saturated carbocycles. The zero-order valence-electron chi connectivity index (χ0n) is 21.5. The van der Waals surface area contributed by atoms with E-state index >= 15 is 0 Å². The maximum atomic E-state index is 13.1.